The minimum Gasteiger partial charge on any atom is -0.482 e. The molecule has 0 bridgehead atoms. The Balaban J connectivity index is 1.81. The summed E-state index contributed by atoms with van der Waals surface area (Å²) in [6.45, 7) is -0.512. The van der Waals surface area contributed by atoms with E-state index in [2.05, 4.69) is 5.32 Å². The van der Waals surface area contributed by atoms with Gasteiger partial charge in [0, 0.05) is 0 Å². The lowest BCUT2D eigenvalue weighted by atomic mass is 10.1. The Morgan fingerprint density at radius 1 is 1.24 bits per heavy atom. The van der Waals surface area contributed by atoms with Crippen molar-refractivity contribution >= 4 is 40.8 Å². The first-order valence-corrected chi connectivity index (χ1v) is 7.68. The van der Waals surface area contributed by atoms with Crippen molar-refractivity contribution in [2.45, 2.75) is 0 Å². The molecule has 0 saturated carbocycles. The number of para-hydroxylation sites is 1. The van der Waals surface area contributed by atoms with Crippen LogP contribution in [0.2, 0.25) is 5.02 Å². The van der Waals surface area contributed by atoms with Crippen molar-refractivity contribution in [2.24, 2.45) is 0 Å². The second-order valence-electron chi connectivity index (χ2n) is 5.28. The van der Waals surface area contributed by atoms with Gasteiger partial charge in [0.25, 0.3) is 5.91 Å². The molecule has 0 unspecified atom stereocenters. The molecule has 0 radical (unpaired) electrons. The fourth-order valence-corrected chi connectivity index (χ4v) is 2.59. The fraction of sp³-hybridized carbons (Fsp3) is 0.118. The highest BCUT2D eigenvalue weighted by Gasteiger charge is 2.28. The average molecular weight is 361 g/mol. The van der Waals surface area contributed by atoms with Crippen molar-refractivity contribution in [3.63, 3.8) is 0 Å². The number of hydrogen-bond acceptors (Lipinski definition) is 4. The lowest BCUT2D eigenvalue weighted by Gasteiger charge is -2.29. The number of carbonyl (C=O) groups is 3. The normalized spacial score (nSPS) is 13.0. The number of nitrogens with one attached hydrogen (secondary N) is 1. The maximum atomic E-state index is 12.3. The molecule has 25 heavy (non-hydrogen) atoms. The van der Waals surface area contributed by atoms with Crippen LogP contribution in [0.4, 0.5) is 11.4 Å². The van der Waals surface area contributed by atoms with E-state index in [0.717, 1.165) is 0 Å². The zero-order chi connectivity index (χ0) is 18.0. The van der Waals surface area contributed by atoms with E-state index in [-0.39, 0.29) is 24.5 Å². The van der Waals surface area contributed by atoms with E-state index < -0.39 is 17.8 Å². The highest BCUT2D eigenvalue weighted by atomic mass is 35.5. The van der Waals surface area contributed by atoms with Crippen molar-refractivity contribution in [1.82, 2.24) is 0 Å². The Morgan fingerprint density at radius 2 is 2.00 bits per heavy atom. The van der Waals surface area contributed by atoms with Crippen LogP contribution >= 0.6 is 11.6 Å². The smallest absolute Gasteiger partial charge is 0.335 e. The summed E-state index contributed by atoms with van der Waals surface area (Å²) >= 11 is 6.00. The van der Waals surface area contributed by atoms with Crippen molar-refractivity contribution in [2.75, 3.05) is 23.4 Å². The van der Waals surface area contributed by atoms with Gasteiger partial charge in [-0.05, 0) is 30.3 Å². The Kier molecular flexibility index (Phi) is 4.58. The van der Waals surface area contributed by atoms with Crippen molar-refractivity contribution in [1.29, 1.82) is 0 Å². The summed E-state index contributed by atoms with van der Waals surface area (Å²) in [4.78, 5) is 36.7. The topological polar surface area (TPSA) is 95.9 Å². The van der Waals surface area contributed by atoms with Crippen LogP contribution in [-0.4, -0.2) is 36.0 Å². The van der Waals surface area contributed by atoms with E-state index >= 15 is 0 Å². The number of carboxylic acids is 1. The predicted octanol–water partition coefficient (Wildman–Crippen LogP) is 2.40. The van der Waals surface area contributed by atoms with Gasteiger partial charge in [-0.3, -0.25) is 14.5 Å². The number of nitrogens with zero attached hydrogens (tertiary/aromatic N) is 1. The van der Waals surface area contributed by atoms with Crippen molar-refractivity contribution in [3.8, 4) is 5.75 Å². The minimum atomic E-state index is -1.11. The first kappa shape index (κ1) is 16.8. The number of halogens is 1. The lowest BCUT2D eigenvalue weighted by Crippen LogP contribution is -2.43. The van der Waals surface area contributed by atoms with Gasteiger partial charge in [0.05, 0.1) is 22.0 Å². The monoisotopic (exact) mass is 360 g/mol. The van der Waals surface area contributed by atoms with E-state index in [0.29, 0.717) is 16.4 Å². The van der Waals surface area contributed by atoms with Gasteiger partial charge in [0.1, 0.15) is 12.3 Å². The minimum absolute atomic E-state index is 0.0357. The zero-order valence-corrected chi connectivity index (χ0v) is 13.6. The number of fused-ring (bicyclic) bond motifs is 1. The van der Waals surface area contributed by atoms with Crippen molar-refractivity contribution in [3.05, 3.63) is 53.1 Å². The molecule has 2 aromatic carbocycles. The molecule has 2 N–H and O–H groups in total. The second kappa shape index (κ2) is 6.82. The SMILES string of the molecule is O=C(CN1C(=O)COc2cc(C(=O)O)ccc21)Nc1ccccc1Cl. The molecule has 7 nitrogen and oxygen atoms in total. The van der Waals surface area contributed by atoms with Crippen molar-refractivity contribution < 1.29 is 24.2 Å². The molecule has 0 spiro atoms. The summed E-state index contributed by atoms with van der Waals surface area (Å²) in [5.74, 6) is -1.70. The van der Waals surface area contributed by atoms with Gasteiger partial charge < -0.3 is 15.2 Å². The van der Waals surface area contributed by atoms with E-state index in [1.54, 1.807) is 24.3 Å². The third kappa shape index (κ3) is 3.56. The predicted molar refractivity (Wildman–Crippen MR) is 91.3 cm³/mol. The van der Waals surface area contributed by atoms with Crippen LogP contribution < -0.4 is 15.0 Å². The standard InChI is InChI=1S/C17H13ClN2O5/c18-11-3-1-2-4-12(11)19-15(21)8-20-13-6-5-10(17(23)24)7-14(13)25-9-16(20)22/h1-7H,8-9H2,(H,19,21)(H,23,24). The summed E-state index contributed by atoms with van der Waals surface area (Å²) in [6, 6.07) is 10.9. The lowest BCUT2D eigenvalue weighted by molar-refractivity contribution is -0.123. The molecular formula is C17H13ClN2O5. The van der Waals surface area contributed by atoms with Crippen LogP contribution in [0, 0.1) is 0 Å². The van der Waals surface area contributed by atoms with Gasteiger partial charge in [-0.15, -0.1) is 0 Å². The van der Waals surface area contributed by atoms with Crippen LogP contribution in [0.25, 0.3) is 0 Å². The summed E-state index contributed by atoms with van der Waals surface area (Å²) in [5, 5.41) is 12.1. The average Bonchev–Trinajstić information content (AvgIpc) is 2.59. The summed E-state index contributed by atoms with van der Waals surface area (Å²) in [6.07, 6.45) is 0. The number of anilines is 2. The second-order valence-corrected chi connectivity index (χ2v) is 5.69. The van der Waals surface area contributed by atoms with Gasteiger partial charge in [0.2, 0.25) is 5.91 Å². The van der Waals surface area contributed by atoms with E-state index in [9.17, 15) is 14.4 Å². The van der Waals surface area contributed by atoms with Gasteiger partial charge in [-0.2, -0.15) is 0 Å². The molecule has 0 fully saturated rings. The molecule has 0 aliphatic carbocycles. The Labute approximate surface area is 147 Å². The Morgan fingerprint density at radius 3 is 2.72 bits per heavy atom. The van der Waals surface area contributed by atoms with Gasteiger partial charge in [-0.1, -0.05) is 23.7 Å². The number of carboxylic acid groups (broad SMARTS) is 1. The van der Waals surface area contributed by atoms with Crippen LogP contribution in [0.5, 0.6) is 5.75 Å². The molecule has 3 rings (SSSR count). The Bertz CT molecular complexity index is 868. The maximum absolute atomic E-state index is 12.3. The summed E-state index contributed by atoms with van der Waals surface area (Å²) < 4.78 is 5.27. The van der Waals surface area contributed by atoms with E-state index in [4.69, 9.17) is 21.4 Å². The van der Waals surface area contributed by atoms with E-state index in [1.165, 1.54) is 23.1 Å². The van der Waals surface area contributed by atoms with Gasteiger partial charge in [0.15, 0.2) is 6.61 Å². The number of hydrogen-bond donors (Lipinski definition) is 2. The molecule has 1 heterocycles. The number of aromatic carboxylic acids is 1. The first-order chi connectivity index (χ1) is 12.0. The van der Waals surface area contributed by atoms with Crippen LogP contribution in [0.1, 0.15) is 10.4 Å². The Hall–Kier alpha value is -3.06. The maximum Gasteiger partial charge on any atom is 0.335 e. The largest absolute Gasteiger partial charge is 0.482 e. The van der Waals surface area contributed by atoms with Crippen LogP contribution in [-0.2, 0) is 9.59 Å². The number of amides is 2. The molecule has 1 aliphatic heterocycles. The summed E-state index contributed by atoms with van der Waals surface area (Å²) in [7, 11) is 0. The molecule has 1 aliphatic rings. The third-order valence-electron chi connectivity index (χ3n) is 3.60. The number of carbonyl (C=O) groups excluding carboxylic acids is 2. The highest BCUT2D eigenvalue weighted by Crippen LogP contribution is 2.33. The molecule has 0 atom stereocenters. The highest BCUT2D eigenvalue weighted by molar-refractivity contribution is 6.33. The molecule has 0 aromatic heterocycles. The molecule has 0 saturated heterocycles. The third-order valence-corrected chi connectivity index (χ3v) is 3.93. The molecule has 128 valence electrons. The quantitative estimate of drug-likeness (QED) is 0.872. The number of benzene rings is 2. The number of rotatable bonds is 4. The number of ether oxygens (including phenoxy) is 1. The van der Waals surface area contributed by atoms with Gasteiger partial charge in [-0.25, -0.2) is 4.79 Å². The first-order valence-electron chi connectivity index (χ1n) is 7.30. The van der Waals surface area contributed by atoms with Crippen LogP contribution in [0.15, 0.2) is 42.5 Å². The molecular weight excluding hydrogens is 348 g/mol. The molecule has 8 heteroatoms. The zero-order valence-electron chi connectivity index (χ0n) is 12.9. The molecule has 2 aromatic rings. The van der Waals surface area contributed by atoms with Gasteiger partial charge >= 0.3 is 5.97 Å². The summed E-state index contributed by atoms with van der Waals surface area (Å²) in [5.41, 5.74) is 0.820. The van der Waals surface area contributed by atoms with Crippen LogP contribution in [0.3, 0.4) is 0 Å². The van der Waals surface area contributed by atoms with E-state index in [1.807, 2.05) is 0 Å². The molecule has 2 amide bonds. The fourth-order valence-electron chi connectivity index (χ4n) is 2.41.